The molecule has 0 atom stereocenters. The number of benzene rings is 2. The van der Waals surface area contributed by atoms with E-state index >= 15 is 0 Å². The monoisotopic (exact) mass is 401 g/mol. The largest absolute Gasteiger partial charge is 0.488 e. The van der Waals surface area contributed by atoms with E-state index in [2.05, 4.69) is 31.3 Å². The number of esters is 1. The van der Waals surface area contributed by atoms with Crippen LogP contribution < -0.4 is 4.74 Å². The highest BCUT2D eigenvalue weighted by atomic mass is 79.9. The maximum absolute atomic E-state index is 12.0. The lowest BCUT2D eigenvalue weighted by Gasteiger charge is -2.10. The van der Waals surface area contributed by atoms with Gasteiger partial charge in [-0.25, -0.2) is 4.79 Å². The van der Waals surface area contributed by atoms with Crippen LogP contribution in [0.3, 0.4) is 0 Å². The Kier molecular flexibility index (Phi) is 5.45. The van der Waals surface area contributed by atoms with Gasteiger partial charge in [0.15, 0.2) is 5.69 Å². The van der Waals surface area contributed by atoms with E-state index in [9.17, 15) is 4.79 Å². The van der Waals surface area contributed by atoms with Crippen LogP contribution in [0.1, 0.15) is 23.0 Å². The van der Waals surface area contributed by atoms with Gasteiger partial charge in [-0.2, -0.15) is 10.3 Å². The molecule has 1 aromatic heterocycles. The van der Waals surface area contributed by atoms with E-state index in [1.54, 1.807) is 6.92 Å². The number of hydrogen-bond acceptors (Lipinski definition) is 5. The Morgan fingerprint density at radius 3 is 2.72 bits per heavy atom. The summed E-state index contributed by atoms with van der Waals surface area (Å²) >= 11 is 3.48. The fraction of sp³-hybridized carbons (Fsp3) is 0.167. The normalized spacial score (nSPS) is 10.5. The molecule has 1 heterocycles. The third-order valence-electron chi connectivity index (χ3n) is 3.46. The molecule has 6 nitrogen and oxygen atoms in total. The minimum atomic E-state index is -0.513. The van der Waals surface area contributed by atoms with Crippen molar-refractivity contribution >= 4 is 21.9 Å². The Morgan fingerprint density at radius 2 is 1.96 bits per heavy atom. The Hall–Kier alpha value is -2.67. The van der Waals surface area contributed by atoms with Crippen LogP contribution in [-0.2, 0) is 11.3 Å². The van der Waals surface area contributed by atoms with Gasteiger partial charge in [0.25, 0.3) is 0 Å². The van der Waals surface area contributed by atoms with Gasteiger partial charge in [0.1, 0.15) is 18.1 Å². The first kappa shape index (κ1) is 17.2. The predicted molar refractivity (Wildman–Crippen MR) is 96.2 cm³/mol. The lowest BCUT2D eigenvalue weighted by atomic mass is 10.1. The molecule has 0 fully saturated rings. The second-order valence-electron chi connectivity index (χ2n) is 5.16. The smallest absolute Gasteiger partial charge is 0.361 e. The number of aromatic nitrogens is 3. The number of rotatable bonds is 6. The van der Waals surface area contributed by atoms with Crippen LogP contribution in [0.2, 0.25) is 0 Å². The molecule has 0 aliphatic carbocycles. The van der Waals surface area contributed by atoms with Gasteiger partial charge in [-0.05, 0) is 40.5 Å². The standard InChI is InChI=1S/C18H16BrN3O3/c1-2-24-18(23)17-16(20-22-21-17)13-8-9-14(19)15(10-13)25-11-12-6-4-3-5-7-12/h3-10H,2,11H2,1H3,(H,20,21,22). The fourth-order valence-corrected chi connectivity index (χ4v) is 2.63. The summed E-state index contributed by atoms with van der Waals surface area (Å²) in [5, 5.41) is 10.4. The van der Waals surface area contributed by atoms with E-state index in [1.165, 1.54) is 0 Å². The highest BCUT2D eigenvalue weighted by Crippen LogP contribution is 2.31. The Balaban J connectivity index is 1.85. The number of nitrogens with zero attached hydrogens (tertiary/aromatic N) is 2. The van der Waals surface area contributed by atoms with Crippen molar-refractivity contribution in [2.24, 2.45) is 0 Å². The van der Waals surface area contributed by atoms with Gasteiger partial charge in [-0.1, -0.05) is 36.4 Å². The summed E-state index contributed by atoms with van der Waals surface area (Å²) in [6.45, 7) is 2.45. The average molecular weight is 402 g/mol. The average Bonchev–Trinajstić information content (AvgIpc) is 3.12. The third kappa shape index (κ3) is 4.06. The summed E-state index contributed by atoms with van der Waals surface area (Å²) in [6.07, 6.45) is 0. The number of halogens is 1. The second-order valence-corrected chi connectivity index (χ2v) is 6.02. The highest BCUT2D eigenvalue weighted by Gasteiger charge is 2.20. The topological polar surface area (TPSA) is 77.1 Å². The van der Waals surface area contributed by atoms with Crippen molar-refractivity contribution in [1.82, 2.24) is 15.4 Å². The molecule has 128 valence electrons. The van der Waals surface area contributed by atoms with Gasteiger partial charge >= 0.3 is 5.97 Å². The molecule has 0 aliphatic heterocycles. The van der Waals surface area contributed by atoms with Crippen molar-refractivity contribution in [2.75, 3.05) is 6.61 Å². The molecule has 0 saturated carbocycles. The zero-order chi connectivity index (χ0) is 17.6. The Bertz CT molecular complexity index is 865. The van der Waals surface area contributed by atoms with Gasteiger partial charge in [-0.15, -0.1) is 5.10 Å². The van der Waals surface area contributed by atoms with Crippen molar-refractivity contribution in [3.63, 3.8) is 0 Å². The summed E-state index contributed by atoms with van der Waals surface area (Å²) in [5.74, 6) is 0.139. The SMILES string of the molecule is CCOC(=O)c1n[nH]nc1-c1ccc(Br)c(OCc2ccccc2)c1. The lowest BCUT2D eigenvalue weighted by molar-refractivity contribution is 0.0520. The predicted octanol–water partition coefficient (Wildman–Crippen LogP) is 3.99. The number of carbonyl (C=O) groups is 1. The van der Waals surface area contributed by atoms with Crippen LogP contribution in [-0.4, -0.2) is 28.0 Å². The first-order chi connectivity index (χ1) is 12.2. The molecule has 3 aromatic rings. The zero-order valence-electron chi connectivity index (χ0n) is 13.5. The van der Waals surface area contributed by atoms with Crippen molar-refractivity contribution in [1.29, 1.82) is 0 Å². The first-order valence-electron chi connectivity index (χ1n) is 7.73. The van der Waals surface area contributed by atoms with E-state index in [1.807, 2.05) is 48.5 Å². The number of aromatic amines is 1. The number of hydrogen-bond donors (Lipinski definition) is 1. The molecule has 7 heteroatoms. The maximum Gasteiger partial charge on any atom is 0.361 e. The molecule has 0 aliphatic rings. The maximum atomic E-state index is 12.0. The summed E-state index contributed by atoms with van der Waals surface area (Å²) in [5.41, 5.74) is 2.35. The molecule has 0 spiro atoms. The lowest BCUT2D eigenvalue weighted by Crippen LogP contribution is -2.06. The number of ether oxygens (including phenoxy) is 2. The minimum absolute atomic E-state index is 0.151. The minimum Gasteiger partial charge on any atom is -0.488 e. The van der Waals surface area contributed by atoms with Gasteiger partial charge in [-0.3, -0.25) is 0 Å². The van der Waals surface area contributed by atoms with Gasteiger partial charge in [0.05, 0.1) is 11.1 Å². The van der Waals surface area contributed by atoms with Crippen LogP contribution in [0.15, 0.2) is 53.0 Å². The Labute approximate surface area is 153 Å². The molecule has 0 unspecified atom stereocenters. The van der Waals surface area contributed by atoms with Crippen LogP contribution in [0.4, 0.5) is 0 Å². The number of carbonyl (C=O) groups excluding carboxylic acids is 1. The quantitative estimate of drug-likeness (QED) is 0.631. The van der Waals surface area contributed by atoms with Gasteiger partial charge in [0.2, 0.25) is 0 Å². The highest BCUT2D eigenvalue weighted by molar-refractivity contribution is 9.10. The van der Waals surface area contributed by atoms with E-state index < -0.39 is 5.97 Å². The molecule has 2 aromatic carbocycles. The van der Waals surface area contributed by atoms with Crippen molar-refractivity contribution in [3.8, 4) is 17.0 Å². The zero-order valence-corrected chi connectivity index (χ0v) is 15.1. The number of H-pyrrole nitrogens is 1. The first-order valence-corrected chi connectivity index (χ1v) is 8.53. The van der Waals surface area contributed by atoms with Crippen LogP contribution in [0, 0.1) is 0 Å². The van der Waals surface area contributed by atoms with Crippen molar-refractivity contribution < 1.29 is 14.3 Å². The third-order valence-corrected chi connectivity index (χ3v) is 4.11. The molecule has 0 saturated heterocycles. The van der Waals surface area contributed by atoms with E-state index in [-0.39, 0.29) is 12.3 Å². The van der Waals surface area contributed by atoms with Crippen LogP contribution >= 0.6 is 15.9 Å². The number of nitrogens with one attached hydrogen (secondary N) is 1. The molecule has 0 bridgehead atoms. The van der Waals surface area contributed by atoms with E-state index in [0.29, 0.717) is 23.6 Å². The van der Waals surface area contributed by atoms with E-state index in [4.69, 9.17) is 9.47 Å². The molecule has 0 radical (unpaired) electrons. The molecule has 0 amide bonds. The molecule has 3 rings (SSSR count). The summed E-state index contributed by atoms with van der Waals surface area (Å²) in [4.78, 5) is 12.0. The van der Waals surface area contributed by atoms with Crippen LogP contribution in [0.25, 0.3) is 11.3 Å². The second kappa shape index (κ2) is 7.94. The van der Waals surface area contributed by atoms with Crippen molar-refractivity contribution in [3.05, 3.63) is 64.3 Å². The molecule has 1 N–H and O–H groups in total. The van der Waals surface area contributed by atoms with Gasteiger partial charge in [0, 0.05) is 5.56 Å². The van der Waals surface area contributed by atoms with Crippen LogP contribution in [0.5, 0.6) is 5.75 Å². The van der Waals surface area contributed by atoms with E-state index in [0.717, 1.165) is 10.0 Å². The van der Waals surface area contributed by atoms with Crippen molar-refractivity contribution in [2.45, 2.75) is 13.5 Å². The summed E-state index contributed by atoms with van der Waals surface area (Å²) < 4.78 is 11.7. The summed E-state index contributed by atoms with van der Waals surface area (Å²) in [7, 11) is 0. The molecule has 25 heavy (non-hydrogen) atoms. The summed E-state index contributed by atoms with van der Waals surface area (Å²) in [6, 6.07) is 15.4. The van der Waals surface area contributed by atoms with Gasteiger partial charge < -0.3 is 9.47 Å². The molecular weight excluding hydrogens is 386 g/mol. The fourth-order valence-electron chi connectivity index (χ4n) is 2.27. The molecular formula is C18H16BrN3O3. The Morgan fingerprint density at radius 1 is 1.16 bits per heavy atom.